The molecule has 0 fully saturated rings. The number of halogens is 1. The third-order valence-electron chi connectivity index (χ3n) is 2.36. The number of hydrogen-bond donors (Lipinski definition) is 1. The van der Waals surface area contributed by atoms with Crippen molar-refractivity contribution in [1.82, 2.24) is 4.98 Å². The molecule has 17 heavy (non-hydrogen) atoms. The van der Waals surface area contributed by atoms with Crippen LogP contribution < -0.4 is 10.5 Å². The Kier molecular flexibility index (Phi) is 3.96. The van der Waals surface area contributed by atoms with Crippen LogP contribution in [0.2, 0.25) is 5.02 Å². The Morgan fingerprint density at radius 1 is 1.18 bits per heavy atom. The van der Waals surface area contributed by atoms with Crippen LogP contribution in [0.4, 0.5) is 0 Å². The zero-order valence-corrected chi connectivity index (χ0v) is 10.0. The highest BCUT2D eigenvalue weighted by Gasteiger charge is 2.07. The van der Waals surface area contributed by atoms with Gasteiger partial charge in [0, 0.05) is 18.3 Å². The van der Waals surface area contributed by atoms with E-state index in [1.54, 1.807) is 12.3 Å². The van der Waals surface area contributed by atoms with Crippen molar-refractivity contribution in [2.45, 2.75) is 13.2 Å². The van der Waals surface area contributed by atoms with Crippen molar-refractivity contribution in [1.29, 1.82) is 0 Å². The molecule has 0 unspecified atom stereocenters. The van der Waals surface area contributed by atoms with Gasteiger partial charge in [0.25, 0.3) is 0 Å². The third kappa shape index (κ3) is 2.96. The second-order valence-electron chi connectivity index (χ2n) is 3.54. The fraction of sp³-hybridized carbons (Fsp3) is 0.154. The van der Waals surface area contributed by atoms with Crippen LogP contribution in [0.3, 0.4) is 0 Å². The number of para-hydroxylation sites is 1. The lowest BCUT2D eigenvalue weighted by molar-refractivity contribution is 0.298. The van der Waals surface area contributed by atoms with Crippen LogP contribution in [-0.4, -0.2) is 4.98 Å². The molecule has 1 aromatic heterocycles. The lowest BCUT2D eigenvalue weighted by Gasteiger charge is -2.11. The van der Waals surface area contributed by atoms with E-state index >= 15 is 0 Å². The lowest BCUT2D eigenvalue weighted by atomic mass is 10.2. The van der Waals surface area contributed by atoms with Gasteiger partial charge in [-0.15, -0.1) is 0 Å². The summed E-state index contributed by atoms with van der Waals surface area (Å²) in [6, 6.07) is 11.2. The summed E-state index contributed by atoms with van der Waals surface area (Å²) in [7, 11) is 0. The van der Waals surface area contributed by atoms with E-state index in [1.807, 2.05) is 30.3 Å². The summed E-state index contributed by atoms with van der Waals surface area (Å²) in [5, 5.41) is 0.573. The number of nitrogens with zero attached hydrogens (tertiary/aromatic N) is 1. The summed E-state index contributed by atoms with van der Waals surface area (Å²) >= 11 is 6.07. The third-order valence-corrected chi connectivity index (χ3v) is 2.66. The molecule has 3 nitrogen and oxygen atoms in total. The fourth-order valence-electron chi connectivity index (χ4n) is 1.51. The van der Waals surface area contributed by atoms with Gasteiger partial charge in [0.2, 0.25) is 0 Å². The smallest absolute Gasteiger partial charge is 0.142 e. The average Bonchev–Trinajstić information content (AvgIpc) is 2.38. The molecule has 1 heterocycles. The molecule has 0 atom stereocenters. The van der Waals surface area contributed by atoms with Crippen molar-refractivity contribution < 1.29 is 4.74 Å². The molecule has 0 amide bonds. The van der Waals surface area contributed by atoms with Crippen molar-refractivity contribution >= 4 is 11.6 Å². The van der Waals surface area contributed by atoms with Crippen LogP contribution in [-0.2, 0) is 13.2 Å². The molecular weight excluding hydrogens is 236 g/mol. The van der Waals surface area contributed by atoms with Gasteiger partial charge >= 0.3 is 0 Å². The summed E-state index contributed by atoms with van der Waals surface area (Å²) < 4.78 is 5.67. The monoisotopic (exact) mass is 248 g/mol. The lowest BCUT2D eigenvalue weighted by Crippen LogP contribution is -2.04. The summed E-state index contributed by atoms with van der Waals surface area (Å²) in [5.74, 6) is 0.641. The minimum Gasteiger partial charge on any atom is -0.485 e. The topological polar surface area (TPSA) is 48.1 Å². The van der Waals surface area contributed by atoms with Gasteiger partial charge in [-0.25, -0.2) is 0 Å². The average molecular weight is 249 g/mol. The molecule has 2 aromatic rings. The van der Waals surface area contributed by atoms with E-state index in [1.165, 1.54) is 0 Å². The first-order chi connectivity index (χ1) is 8.31. The Morgan fingerprint density at radius 2 is 2.06 bits per heavy atom. The van der Waals surface area contributed by atoms with Gasteiger partial charge in [0.15, 0.2) is 0 Å². The highest BCUT2D eigenvalue weighted by molar-refractivity contribution is 6.32. The minimum atomic E-state index is 0.386. The van der Waals surface area contributed by atoms with E-state index in [4.69, 9.17) is 22.1 Å². The second-order valence-corrected chi connectivity index (χ2v) is 3.95. The van der Waals surface area contributed by atoms with Crippen LogP contribution in [0, 0.1) is 0 Å². The van der Waals surface area contributed by atoms with Crippen molar-refractivity contribution in [3.8, 4) is 5.75 Å². The fourth-order valence-corrected chi connectivity index (χ4v) is 1.75. The van der Waals surface area contributed by atoms with E-state index in [-0.39, 0.29) is 0 Å². The molecule has 88 valence electrons. The second kappa shape index (κ2) is 5.66. The van der Waals surface area contributed by atoms with E-state index in [0.717, 1.165) is 11.3 Å². The van der Waals surface area contributed by atoms with E-state index in [0.29, 0.717) is 23.9 Å². The Hall–Kier alpha value is -1.58. The maximum Gasteiger partial charge on any atom is 0.142 e. The van der Waals surface area contributed by atoms with E-state index in [9.17, 15) is 0 Å². The Bertz CT molecular complexity index is 488. The first-order valence-electron chi connectivity index (χ1n) is 5.31. The molecule has 0 bridgehead atoms. The number of hydrogen-bond acceptors (Lipinski definition) is 3. The number of nitrogens with two attached hydrogens (primary N) is 1. The zero-order valence-electron chi connectivity index (χ0n) is 9.27. The van der Waals surface area contributed by atoms with Crippen LogP contribution in [0.15, 0.2) is 42.6 Å². The molecule has 2 N–H and O–H groups in total. The summed E-state index contributed by atoms with van der Waals surface area (Å²) in [6.45, 7) is 0.787. The van der Waals surface area contributed by atoms with Crippen molar-refractivity contribution in [2.24, 2.45) is 5.73 Å². The van der Waals surface area contributed by atoms with Gasteiger partial charge in [-0.1, -0.05) is 29.8 Å². The van der Waals surface area contributed by atoms with Crippen molar-refractivity contribution in [3.63, 3.8) is 0 Å². The zero-order chi connectivity index (χ0) is 12.1. The highest BCUT2D eigenvalue weighted by atomic mass is 35.5. The largest absolute Gasteiger partial charge is 0.485 e. The summed E-state index contributed by atoms with van der Waals surface area (Å²) in [4.78, 5) is 4.18. The first kappa shape index (κ1) is 11.9. The van der Waals surface area contributed by atoms with E-state index in [2.05, 4.69) is 4.98 Å². The maximum atomic E-state index is 6.07. The maximum absolute atomic E-state index is 6.07. The molecular formula is C13H13ClN2O. The van der Waals surface area contributed by atoms with E-state index < -0.39 is 0 Å². The van der Waals surface area contributed by atoms with Gasteiger partial charge in [-0.05, 0) is 18.2 Å². The van der Waals surface area contributed by atoms with Crippen molar-refractivity contribution in [2.75, 3.05) is 0 Å². The quantitative estimate of drug-likeness (QED) is 0.905. The number of pyridine rings is 1. The minimum absolute atomic E-state index is 0.386. The van der Waals surface area contributed by atoms with Crippen LogP contribution >= 0.6 is 11.6 Å². The molecule has 1 aromatic carbocycles. The molecule has 2 rings (SSSR count). The Balaban J connectivity index is 2.14. The van der Waals surface area contributed by atoms with Crippen molar-refractivity contribution in [3.05, 3.63) is 58.9 Å². The van der Waals surface area contributed by atoms with Gasteiger partial charge in [0.05, 0.1) is 10.7 Å². The molecule has 0 radical (unpaired) electrons. The van der Waals surface area contributed by atoms with Gasteiger partial charge < -0.3 is 10.5 Å². The van der Waals surface area contributed by atoms with Crippen LogP contribution in [0.25, 0.3) is 0 Å². The van der Waals surface area contributed by atoms with Gasteiger partial charge in [-0.3, -0.25) is 4.98 Å². The highest BCUT2D eigenvalue weighted by Crippen LogP contribution is 2.28. The van der Waals surface area contributed by atoms with Gasteiger partial charge in [0.1, 0.15) is 12.4 Å². The molecule has 0 saturated heterocycles. The molecule has 0 spiro atoms. The number of aromatic nitrogens is 1. The molecule has 0 aliphatic carbocycles. The summed E-state index contributed by atoms with van der Waals surface area (Å²) in [5.41, 5.74) is 7.39. The summed E-state index contributed by atoms with van der Waals surface area (Å²) in [6.07, 6.45) is 1.73. The Morgan fingerprint density at radius 3 is 2.76 bits per heavy atom. The van der Waals surface area contributed by atoms with Crippen LogP contribution in [0.1, 0.15) is 11.3 Å². The van der Waals surface area contributed by atoms with Gasteiger partial charge in [-0.2, -0.15) is 0 Å². The number of benzene rings is 1. The Labute approximate surface area is 105 Å². The SMILES string of the molecule is NCc1cccc(Cl)c1OCc1ccccn1. The molecule has 0 aliphatic rings. The first-order valence-corrected chi connectivity index (χ1v) is 5.69. The van der Waals surface area contributed by atoms with Crippen LogP contribution in [0.5, 0.6) is 5.75 Å². The number of rotatable bonds is 4. The molecule has 0 aliphatic heterocycles. The normalized spacial score (nSPS) is 10.2. The predicted octanol–water partition coefficient (Wildman–Crippen LogP) is 2.77. The molecule has 0 saturated carbocycles. The standard InChI is InChI=1S/C13H13ClN2O/c14-12-6-3-4-10(8-15)13(12)17-9-11-5-1-2-7-16-11/h1-7H,8-9,15H2. The predicted molar refractivity (Wildman–Crippen MR) is 67.9 cm³/mol. The molecule has 4 heteroatoms. The number of ether oxygens (including phenoxy) is 1.